The molecule has 1 aliphatic heterocycles. The first kappa shape index (κ1) is 28.8. The Bertz CT molecular complexity index is 1700. The maximum absolute atomic E-state index is 14.0. The fraction of sp³-hybridized carbons (Fsp3) is 0.333. The quantitative estimate of drug-likeness (QED) is 0.137. The van der Waals surface area contributed by atoms with Crippen molar-refractivity contribution in [3.63, 3.8) is 0 Å². The van der Waals surface area contributed by atoms with Crippen LogP contribution in [0.2, 0.25) is 0 Å². The third-order valence-electron chi connectivity index (χ3n) is 6.78. The number of hydrogen-bond donors (Lipinski definition) is 0. The molecule has 2 aromatic carbocycles. The largest absolute Gasteiger partial charge is 0.490 e. The zero-order valence-corrected chi connectivity index (χ0v) is 25.5. The van der Waals surface area contributed by atoms with Crippen LogP contribution in [0.3, 0.4) is 0 Å². The SMILES string of the molecule is CCCCCOc1ccc(C2c3c(oc4ccc(Br)cc4c3=O)C(=O)N2c2nc(C)c(C(=O)OC)s2)cc1OCC. The Morgan fingerprint density at radius 1 is 1.10 bits per heavy atom. The van der Waals surface area contributed by atoms with E-state index in [1.807, 2.05) is 13.0 Å². The summed E-state index contributed by atoms with van der Waals surface area (Å²) in [6.07, 6.45) is 3.05. The molecule has 2 aromatic heterocycles. The first-order chi connectivity index (χ1) is 19.8. The summed E-state index contributed by atoms with van der Waals surface area (Å²) in [6, 6.07) is 9.56. The van der Waals surface area contributed by atoms with E-state index in [0.717, 1.165) is 30.6 Å². The van der Waals surface area contributed by atoms with Crippen molar-refractivity contribution >= 4 is 55.2 Å². The van der Waals surface area contributed by atoms with E-state index in [0.29, 0.717) is 51.4 Å². The van der Waals surface area contributed by atoms with E-state index < -0.39 is 17.9 Å². The number of hydrogen-bond acceptors (Lipinski definition) is 9. The van der Waals surface area contributed by atoms with Gasteiger partial charge in [0.2, 0.25) is 5.76 Å². The minimum Gasteiger partial charge on any atom is -0.490 e. The van der Waals surface area contributed by atoms with Crippen molar-refractivity contribution in [1.29, 1.82) is 0 Å². The number of anilines is 1. The number of esters is 1. The fourth-order valence-electron chi connectivity index (χ4n) is 4.84. The molecule has 0 aliphatic carbocycles. The molecule has 0 bridgehead atoms. The highest BCUT2D eigenvalue weighted by molar-refractivity contribution is 9.10. The Morgan fingerprint density at radius 3 is 2.63 bits per heavy atom. The number of fused-ring (bicyclic) bond motifs is 2. The van der Waals surface area contributed by atoms with Gasteiger partial charge in [-0.05, 0) is 56.2 Å². The number of halogens is 1. The summed E-state index contributed by atoms with van der Waals surface area (Å²) in [4.78, 5) is 46.5. The number of nitrogens with zero attached hydrogens (tertiary/aromatic N) is 2. The molecule has 0 saturated heterocycles. The number of ether oxygens (including phenoxy) is 3. The summed E-state index contributed by atoms with van der Waals surface area (Å²) < 4.78 is 23.6. The number of aromatic nitrogens is 1. The Balaban J connectivity index is 1.69. The van der Waals surface area contributed by atoms with E-state index >= 15 is 0 Å². The van der Waals surface area contributed by atoms with Crippen LogP contribution < -0.4 is 19.8 Å². The third-order valence-corrected chi connectivity index (χ3v) is 8.41. The van der Waals surface area contributed by atoms with Crippen LogP contribution in [-0.2, 0) is 4.74 Å². The second-order valence-electron chi connectivity index (χ2n) is 9.49. The van der Waals surface area contributed by atoms with E-state index in [-0.39, 0.29) is 26.8 Å². The lowest BCUT2D eigenvalue weighted by Gasteiger charge is -2.23. The van der Waals surface area contributed by atoms with Gasteiger partial charge < -0.3 is 18.6 Å². The van der Waals surface area contributed by atoms with Crippen molar-refractivity contribution < 1.29 is 28.2 Å². The molecule has 9 nitrogen and oxygen atoms in total. The van der Waals surface area contributed by atoms with Gasteiger partial charge in [0.15, 0.2) is 22.1 Å². The molecule has 0 fully saturated rings. The highest BCUT2D eigenvalue weighted by atomic mass is 79.9. The summed E-state index contributed by atoms with van der Waals surface area (Å²) >= 11 is 4.44. The summed E-state index contributed by atoms with van der Waals surface area (Å²) in [5, 5.41) is 0.580. The van der Waals surface area contributed by atoms with Gasteiger partial charge >= 0.3 is 5.97 Å². The zero-order chi connectivity index (χ0) is 29.3. The fourth-order valence-corrected chi connectivity index (χ4v) is 6.21. The van der Waals surface area contributed by atoms with Gasteiger partial charge in [-0.1, -0.05) is 53.1 Å². The summed E-state index contributed by atoms with van der Waals surface area (Å²) in [5.74, 6) is -0.0776. The van der Waals surface area contributed by atoms with Crippen LogP contribution in [0.5, 0.6) is 11.5 Å². The number of aryl methyl sites for hydroxylation is 1. The van der Waals surface area contributed by atoms with Crippen molar-refractivity contribution in [3.8, 4) is 11.5 Å². The first-order valence-electron chi connectivity index (χ1n) is 13.3. The molecule has 1 amide bonds. The average molecular weight is 642 g/mol. The molecule has 3 heterocycles. The molecular formula is C30H29BrN2O7S. The molecule has 1 atom stereocenters. The predicted molar refractivity (Wildman–Crippen MR) is 160 cm³/mol. The van der Waals surface area contributed by atoms with E-state index in [2.05, 4.69) is 27.8 Å². The van der Waals surface area contributed by atoms with Gasteiger partial charge in [0.1, 0.15) is 10.5 Å². The van der Waals surface area contributed by atoms with Crippen LogP contribution in [0.1, 0.15) is 76.2 Å². The number of amides is 1. The molecule has 0 radical (unpaired) electrons. The summed E-state index contributed by atoms with van der Waals surface area (Å²) in [7, 11) is 1.29. The Labute approximate surface area is 249 Å². The molecule has 5 rings (SSSR count). The van der Waals surface area contributed by atoms with Gasteiger partial charge in [-0.2, -0.15) is 0 Å². The molecule has 4 aromatic rings. The van der Waals surface area contributed by atoms with Crippen LogP contribution in [0, 0.1) is 6.92 Å². The third kappa shape index (κ3) is 5.36. The standard InChI is InChI=1S/C30H29BrN2O7S/c1-5-7-8-13-39-21-11-9-17(14-22(21)38-6-2)24-23-25(34)19-15-18(31)10-12-20(19)40-26(23)28(35)33(24)30-32-16(3)27(41-30)29(36)37-4/h9-12,14-15,24H,5-8,13H2,1-4H3. The molecule has 0 saturated carbocycles. The molecule has 214 valence electrons. The van der Waals surface area contributed by atoms with Crippen molar-refractivity contribution in [3.05, 3.63) is 78.6 Å². The average Bonchev–Trinajstić information content (AvgIpc) is 3.49. The summed E-state index contributed by atoms with van der Waals surface area (Å²) in [6.45, 7) is 6.61. The number of thiazole rings is 1. The minimum absolute atomic E-state index is 0.0693. The van der Waals surface area contributed by atoms with Crippen molar-refractivity contribution in [2.24, 2.45) is 0 Å². The lowest BCUT2D eigenvalue weighted by atomic mass is 9.98. The van der Waals surface area contributed by atoms with Gasteiger partial charge in [0.05, 0.1) is 43.0 Å². The van der Waals surface area contributed by atoms with Crippen LogP contribution in [0.25, 0.3) is 11.0 Å². The molecular weight excluding hydrogens is 612 g/mol. The Hall–Kier alpha value is -3.70. The van der Waals surface area contributed by atoms with Crippen molar-refractivity contribution in [2.75, 3.05) is 25.2 Å². The van der Waals surface area contributed by atoms with E-state index in [9.17, 15) is 14.4 Å². The van der Waals surface area contributed by atoms with E-state index in [4.69, 9.17) is 18.6 Å². The summed E-state index contributed by atoms with van der Waals surface area (Å²) in [5.41, 5.74) is 1.17. The minimum atomic E-state index is -0.887. The van der Waals surface area contributed by atoms with Crippen LogP contribution in [-0.4, -0.2) is 37.2 Å². The highest BCUT2D eigenvalue weighted by Gasteiger charge is 2.45. The molecule has 1 aliphatic rings. The van der Waals surface area contributed by atoms with Gasteiger partial charge in [-0.25, -0.2) is 9.78 Å². The number of carbonyl (C=O) groups excluding carboxylic acids is 2. The van der Waals surface area contributed by atoms with Crippen molar-refractivity contribution in [1.82, 2.24) is 4.98 Å². The normalized spacial score (nSPS) is 14.4. The number of rotatable bonds is 10. The number of carbonyl (C=O) groups is 2. The van der Waals surface area contributed by atoms with E-state index in [1.54, 1.807) is 37.3 Å². The smallest absolute Gasteiger partial charge is 0.350 e. The maximum atomic E-state index is 14.0. The Kier molecular flexibility index (Phi) is 8.46. The number of methoxy groups -OCH3 is 1. The molecule has 1 unspecified atom stereocenters. The highest BCUT2D eigenvalue weighted by Crippen LogP contribution is 2.45. The monoisotopic (exact) mass is 640 g/mol. The molecule has 41 heavy (non-hydrogen) atoms. The number of benzene rings is 2. The number of unbranched alkanes of at least 4 members (excludes halogenated alkanes) is 2. The maximum Gasteiger partial charge on any atom is 0.350 e. The topological polar surface area (TPSA) is 108 Å². The lowest BCUT2D eigenvalue weighted by Crippen LogP contribution is -2.29. The van der Waals surface area contributed by atoms with E-state index in [1.165, 1.54) is 12.0 Å². The van der Waals surface area contributed by atoms with Crippen LogP contribution in [0.4, 0.5) is 5.13 Å². The zero-order valence-electron chi connectivity index (χ0n) is 23.1. The van der Waals surface area contributed by atoms with Crippen LogP contribution >= 0.6 is 27.3 Å². The molecule has 0 spiro atoms. The van der Waals surface area contributed by atoms with Gasteiger partial charge in [0.25, 0.3) is 5.91 Å². The molecule has 11 heteroatoms. The Morgan fingerprint density at radius 2 is 1.90 bits per heavy atom. The molecule has 0 N–H and O–H groups in total. The first-order valence-corrected chi connectivity index (χ1v) is 14.9. The van der Waals surface area contributed by atoms with Gasteiger partial charge in [-0.3, -0.25) is 14.5 Å². The van der Waals surface area contributed by atoms with Crippen molar-refractivity contribution in [2.45, 2.75) is 46.1 Å². The van der Waals surface area contributed by atoms with Gasteiger partial charge in [0, 0.05) is 4.47 Å². The second-order valence-corrected chi connectivity index (χ2v) is 11.4. The lowest BCUT2D eigenvalue weighted by molar-refractivity contribution is 0.0605. The second kappa shape index (κ2) is 12.0. The van der Waals surface area contributed by atoms with Gasteiger partial charge in [-0.15, -0.1) is 0 Å². The predicted octanol–water partition coefficient (Wildman–Crippen LogP) is 6.82. The van der Waals surface area contributed by atoms with Crippen LogP contribution in [0.15, 0.2) is 50.1 Å².